The van der Waals surface area contributed by atoms with Crippen molar-refractivity contribution in [2.75, 3.05) is 25.0 Å². The van der Waals surface area contributed by atoms with Gasteiger partial charge in [0.2, 0.25) is 0 Å². The van der Waals surface area contributed by atoms with Crippen molar-refractivity contribution >= 4 is 11.6 Å². The number of rotatable bonds is 5. The highest BCUT2D eigenvalue weighted by molar-refractivity contribution is 5.92. The van der Waals surface area contributed by atoms with Crippen molar-refractivity contribution in [2.24, 2.45) is 5.92 Å². The van der Waals surface area contributed by atoms with E-state index in [0.717, 1.165) is 36.6 Å². The summed E-state index contributed by atoms with van der Waals surface area (Å²) in [5.74, 6) is 1.59. The minimum Gasteiger partial charge on any atom is -0.451 e. The highest BCUT2D eigenvalue weighted by atomic mass is 16.3. The summed E-state index contributed by atoms with van der Waals surface area (Å²) in [6.45, 7) is 7.47. The van der Waals surface area contributed by atoms with Gasteiger partial charge in [-0.3, -0.25) is 9.69 Å². The van der Waals surface area contributed by atoms with Crippen LogP contribution in [0.4, 0.5) is 5.69 Å². The van der Waals surface area contributed by atoms with E-state index in [1.165, 1.54) is 12.8 Å². The van der Waals surface area contributed by atoms with E-state index < -0.39 is 0 Å². The van der Waals surface area contributed by atoms with E-state index in [-0.39, 0.29) is 11.9 Å². The van der Waals surface area contributed by atoms with Crippen LogP contribution in [-0.2, 0) is 0 Å². The molecule has 0 saturated carbocycles. The molecule has 3 aliphatic rings. The Hall–Kier alpha value is -2.27. The van der Waals surface area contributed by atoms with E-state index in [9.17, 15) is 4.79 Å². The summed E-state index contributed by atoms with van der Waals surface area (Å²) in [7, 11) is 0. The molecule has 2 atom stereocenters. The molecule has 2 bridgehead atoms. The lowest BCUT2D eigenvalue weighted by Crippen LogP contribution is -2.62. The van der Waals surface area contributed by atoms with Gasteiger partial charge in [-0.25, -0.2) is 0 Å². The third kappa shape index (κ3) is 3.23. The van der Waals surface area contributed by atoms with Gasteiger partial charge in [-0.2, -0.15) is 0 Å². The Morgan fingerprint density at radius 2 is 2.04 bits per heavy atom. The van der Waals surface area contributed by atoms with Gasteiger partial charge >= 0.3 is 0 Å². The molecular weight excluding hydrogens is 326 g/mol. The fraction of sp³-hybridized carbons (Fsp3) is 0.476. The van der Waals surface area contributed by atoms with Crippen molar-refractivity contribution in [3.8, 4) is 11.3 Å². The van der Waals surface area contributed by atoms with Crippen LogP contribution in [0.25, 0.3) is 11.3 Å². The molecule has 3 saturated heterocycles. The first-order valence-corrected chi connectivity index (χ1v) is 9.64. The average Bonchev–Trinajstić information content (AvgIpc) is 3.16. The van der Waals surface area contributed by atoms with Crippen molar-refractivity contribution < 1.29 is 9.21 Å². The van der Waals surface area contributed by atoms with Crippen LogP contribution < -0.4 is 10.6 Å². The third-order valence-corrected chi connectivity index (χ3v) is 5.83. The van der Waals surface area contributed by atoms with Crippen LogP contribution in [0, 0.1) is 5.92 Å². The van der Waals surface area contributed by atoms with E-state index in [1.807, 2.05) is 30.3 Å². The second-order valence-electron chi connectivity index (χ2n) is 7.39. The molecule has 2 aromatic rings. The smallest absolute Gasteiger partial charge is 0.287 e. The predicted molar refractivity (Wildman–Crippen MR) is 103 cm³/mol. The van der Waals surface area contributed by atoms with Crippen LogP contribution in [0.1, 0.15) is 37.2 Å². The van der Waals surface area contributed by atoms with Gasteiger partial charge in [-0.1, -0.05) is 12.1 Å². The Kier molecular flexibility index (Phi) is 4.72. The van der Waals surface area contributed by atoms with Gasteiger partial charge in [0.25, 0.3) is 5.91 Å². The van der Waals surface area contributed by atoms with E-state index >= 15 is 0 Å². The topological polar surface area (TPSA) is 57.5 Å². The minimum absolute atomic E-state index is 0.107. The number of piperidine rings is 3. The van der Waals surface area contributed by atoms with Crippen LogP contribution in [0.3, 0.4) is 0 Å². The Bertz CT molecular complexity index is 775. The molecule has 3 fully saturated rings. The highest BCUT2D eigenvalue weighted by Crippen LogP contribution is 2.32. The van der Waals surface area contributed by atoms with Crippen LogP contribution in [0.15, 0.2) is 40.8 Å². The molecule has 2 unspecified atom stereocenters. The number of carbonyl (C=O) groups excluding carboxylic acids is 1. The van der Waals surface area contributed by atoms with Gasteiger partial charge in [0, 0.05) is 29.9 Å². The number of furan rings is 1. The molecule has 0 spiro atoms. The zero-order valence-corrected chi connectivity index (χ0v) is 15.5. The van der Waals surface area contributed by atoms with E-state index in [1.54, 1.807) is 6.07 Å². The number of hydrogen-bond acceptors (Lipinski definition) is 4. The number of hydrogen-bond donors (Lipinski definition) is 2. The maximum atomic E-state index is 12.7. The van der Waals surface area contributed by atoms with Crippen molar-refractivity contribution in [1.29, 1.82) is 0 Å². The average molecular weight is 353 g/mol. The molecular formula is C21H27N3O2. The second-order valence-corrected chi connectivity index (χ2v) is 7.39. The van der Waals surface area contributed by atoms with Gasteiger partial charge in [-0.15, -0.1) is 0 Å². The quantitative estimate of drug-likeness (QED) is 0.862. The Balaban J connectivity index is 1.47. The maximum Gasteiger partial charge on any atom is 0.287 e. The lowest BCUT2D eigenvalue weighted by Gasteiger charge is -2.49. The summed E-state index contributed by atoms with van der Waals surface area (Å²) in [6, 6.07) is 12.3. The summed E-state index contributed by atoms with van der Waals surface area (Å²) in [5, 5.41) is 6.52. The largest absolute Gasteiger partial charge is 0.451 e. The molecule has 0 radical (unpaired) electrons. The summed E-state index contributed by atoms with van der Waals surface area (Å²) in [4.78, 5) is 15.2. The summed E-state index contributed by atoms with van der Waals surface area (Å²) in [6.07, 6.45) is 2.35. The standard InChI is InChI=1S/C21H27N3O2/c1-3-22-17-6-4-5-16(13-17)18-7-8-19(26-18)21(25)23-20-14(2)24-11-9-15(20)10-12-24/h4-8,13-15,20,22H,3,9-12H2,1-2H3,(H,23,25). The van der Waals surface area contributed by atoms with E-state index in [4.69, 9.17) is 4.42 Å². The van der Waals surface area contributed by atoms with Crippen molar-refractivity contribution in [2.45, 2.75) is 38.8 Å². The van der Waals surface area contributed by atoms with Crippen LogP contribution >= 0.6 is 0 Å². The summed E-state index contributed by atoms with van der Waals surface area (Å²) in [5.41, 5.74) is 2.02. The molecule has 2 N–H and O–H groups in total. The number of fused-ring (bicyclic) bond motifs is 3. The molecule has 1 amide bonds. The second kappa shape index (κ2) is 7.16. The molecule has 1 aromatic carbocycles. The van der Waals surface area contributed by atoms with Gasteiger partial charge < -0.3 is 15.1 Å². The molecule has 5 rings (SSSR count). The number of nitrogens with zero attached hydrogens (tertiary/aromatic N) is 1. The normalized spacial score (nSPS) is 27.3. The summed E-state index contributed by atoms with van der Waals surface area (Å²) < 4.78 is 5.87. The van der Waals surface area contributed by atoms with Crippen LogP contribution in [0.2, 0.25) is 0 Å². The molecule has 26 heavy (non-hydrogen) atoms. The predicted octanol–water partition coefficient (Wildman–Crippen LogP) is 3.59. The zero-order chi connectivity index (χ0) is 18.1. The van der Waals surface area contributed by atoms with Gasteiger partial charge in [0.1, 0.15) is 5.76 Å². The molecule has 5 heteroatoms. The van der Waals surface area contributed by atoms with E-state index in [0.29, 0.717) is 17.7 Å². The van der Waals surface area contributed by atoms with Crippen LogP contribution in [0.5, 0.6) is 0 Å². The molecule has 0 aliphatic carbocycles. The first kappa shape index (κ1) is 17.2. The summed E-state index contributed by atoms with van der Waals surface area (Å²) >= 11 is 0. The fourth-order valence-corrected chi connectivity index (χ4v) is 4.37. The Morgan fingerprint density at radius 1 is 1.23 bits per heavy atom. The maximum absolute atomic E-state index is 12.7. The van der Waals surface area contributed by atoms with Gasteiger partial charge in [-0.05, 0) is 70.0 Å². The molecule has 138 valence electrons. The van der Waals surface area contributed by atoms with Gasteiger partial charge in [0.05, 0.1) is 0 Å². The molecule has 4 heterocycles. The SMILES string of the molecule is CCNc1cccc(-c2ccc(C(=O)NC3C4CCN(CC4)C3C)o2)c1. The minimum atomic E-state index is -0.107. The lowest BCUT2D eigenvalue weighted by molar-refractivity contribution is 0.0211. The van der Waals surface area contributed by atoms with Crippen molar-refractivity contribution in [3.63, 3.8) is 0 Å². The first-order valence-electron chi connectivity index (χ1n) is 9.64. The number of amides is 1. The molecule has 5 nitrogen and oxygen atoms in total. The Morgan fingerprint density at radius 3 is 2.77 bits per heavy atom. The first-order chi connectivity index (χ1) is 12.7. The van der Waals surface area contributed by atoms with E-state index in [2.05, 4.69) is 29.4 Å². The molecule has 3 aliphatic heterocycles. The number of benzene rings is 1. The van der Waals surface area contributed by atoms with Gasteiger partial charge in [0.15, 0.2) is 5.76 Å². The lowest BCUT2D eigenvalue weighted by atomic mass is 9.79. The highest BCUT2D eigenvalue weighted by Gasteiger charge is 2.40. The van der Waals surface area contributed by atoms with Crippen molar-refractivity contribution in [1.82, 2.24) is 10.2 Å². The Labute approximate surface area is 154 Å². The van der Waals surface area contributed by atoms with Crippen LogP contribution in [-0.4, -0.2) is 42.5 Å². The zero-order valence-electron chi connectivity index (χ0n) is 15.5. The number of carbonyl (C=O) groups is 1. The fourth-order valence-electron chi connectivity index (χ4n) is 4.37. The monoisotopic (exact) mass is 353 g/mol. The molecule has 1 aromatic heterocycles. The third-order valence-electron chi connectivity index (χ3n) is 5.83. The number of nitrogens with one attached hydrogen (secondary N) is 2. The number of anilines is 1. The van der Waals surface area contributed by atoms with Crippen molar-refractivity contribution in [3.05, 3.63) is 42.2 Å².